The van der Waals surface area contributed by atoms with E-state index in [0.717, 1.165) is 11.3 Å². The quantitative estimate of drug-likeness (QED) is 0.524. The van der Waals surface area contributed by atoms with E-state index < -0.39 is 5.82 Å². The van der Waals surface area contributed by atoms with Gasteiger partial charge >= 0.3 is 0 Å². The van der Waals surface area contributed by atoms with Gasteiger partial charge in [-0.25, -0.2) is 14.4 Å². The fourth-order valence-electron chi connectivity index (χ4n) is 2.12. The van der Waals surface area contributed by atoms with E-state index in [1.54, 1.807) is 18.2 Å². The first-order valence-electron chi connectivity index (χ1n) is 7.30. The first-order valence-corrected chi connectivity index (χ1v) is 8.47. The number of rotatable bonds is 4. The number of hydrogen-bond donors (Lipinski definition) is 3. The van der Waals surface area contributed by atoms with Crippen LogP contribution in [-0.4, -0.2) is 9.97 Å². The Hall–Kier alpha value is -2.38. The number of halogens is 3. The zero-order valence-electron chi connectivity index (χ0n) is 13.1. The van der Waals surface area contributed by atoms with Crippen LogP contribution in [0.1, 0.15) is 5.56 Å². The Bertz CT molecular complexity index is 935. The number of nitrogens with zero attached hydrogens (tertiary/aromatic N) is 2. The minimum atomic E-state index is -0.424. The molecule has 3 aromatic rings. The molecule has 2 aromatic carbocycles. The second-order valence-electron chi connectivity index (χ2n) is 5.32. The fourth-order valence-corrected chi connectivity index (χ4v) is 2.63. The molecule has 0 aliphatic rings. The number of nitrogens with two attached hydrogens (primary N) is 1. The highest BCUT2D eigenvalue weighted by Crippen LogP contribution is 2.30. The molecule has 25 heavy (non-hydrogen) atoms. The van der Waals surface area contributed by atoms with E-state index in [-0.39, 0.29) is 11.4 Å². The van der Waals surface area contributed by atoms with E-state index in [1.165, 1.54) is 12.4 Å². The lowest BCUT2D eigenvalue weighted by atomic mass is 10.2. The molecule has 3 rings (SSSR count). The van der Waals surface area contributed by atoms with Gasteiger partial charge in [0.1, 0.15) is 17.8 Å². The number of anilines is 5. The lowest BCUT2D eigenvalue weighted by Gasteiger charge is -2.13. The zero-order chi connectivity index (χ0) is 18.0. The Morgan fingerprint density at radius 1 is 1.08 bits per heavy atom. The summed E-state index contributed by atoms with van der Waals surface area (Å²) < 4.78 is 14.6. The summed E-state index contributed by atoms with van der Waals surface area (Å²) in [5.41, 5.74) is 8.35. The third-order valence-electron chi connectivity index (χ3n) is 3.50. The zero-order valence-corrected chi connectivity index (χ0v) is 15.5. The largest absolute Gasteiger partial charge is 0.393 e. The highest BCUT2D eigenvalue weighted by Gasteiger charge is 2.11. The second kappa shape index (κ2) is 7.25. The number of nitrogen functional groups attached to an aromatic ring is 1. The van der Waals surface area contributed by atoms with Crippen LogP contribution in [0.15, 0.2) is 47.2 Å². The fraction of sp³-hybridized carbons (Fsp3) is 0.0588. The van der Waals surface area contributed by atoms with Gasteiger partial charge in [-0.15, -0.1) is 0 Å². The van der Waals surface area contributed by atoms with E-state index >= 15 is 0 Å². The molecular formula is C17H14BrClFN5. The molecule has 0 bridgehead atoms. The van der Waals surface area contributed by atoms with Crippen LogP contribution < -0.4 is 16.4 Å². The molecule has 0 saturated carbocycles. The number of aryl methyl sites for hydroxylation is 1. The smallest absolute Gasteiger partial charge is 0.159 e. The van der Waals surface area contributed by atoms with Gasteiger partial charge in [0.25, 0.3) is 0 Å². The molecule has 128 valence electrons. The normalized spacial score (nSPS) is 10.6. The maximum atomic E-state index is 14.0. The maximum absolute atomic E-state index is 14.0. The van der Waals surface area contributed by atoms with E-state index in [0.29, 0.717) is 21.1 Å². The molecule has 4 N–H and O–H groups in total. The summed E-state index contributed by atoms with van der Waals surface area (Å²) in [6.07, 6.45) is 1.34. The Morgan fingerprint density at radius 3 is 2.48 bits per heavy atom. The van der Waals surface area contributed by atoms with Gasteiger partial charge < -0.3 is 16.4 Å². The SMILES string of the molecule is Cc1ccc(Nc2ncnc(Nc3ccc(Br)cc3F)c2N)cc1Cl. The minimum absolute atomic E-state index is 0.262. The summed E-state index contributed by atoms with van der Waals surface area (Å²) in [6, 6.07) is 10.2. The Balaban J connectivity index is 1.87. The van der Waals surface area contributed by atoms with Crippen LogP contribution >= 0.6 is 27.5 Å². The minimum Gasteiger partial charge on any atom is -0.393 e. The molecule has 0 fully saturated rings. The predicted octanol–water partition coefficient (Wildman–Crippen LogP) is 5.41. The molecule has 0 radical (unpaired) electrons. The summed E-state index contributed by atoms with van der Waals surface area (Å²) >= 11 is 9.34. The average Bonchev–Trinajstić information content (AvgIpc) is 2.57. The van der Waals surface area contributed by atoms with Crippen molar-refractivity contribution in [3.63, 3.8) is 0 Å². The third kappa shape index (κ3) is 4.00. The molecule has 0 aliphatic heterocycles. The molecule has 1 aromatic heterocycles. The van der Waals surface area contributed by atoms with Crippen molar-refractivity contribution in [2.24, 2.45) is 0 Å². The first kappa shape index (κ1) is 17.4. The van der Waals surface area contributed by atoms with Crippen molar-refractivity contribution in [1.82, 2.24) is 9.97 Å². The molecule has 0 saturated heterocycles. The van der Waals surface area contributed by atoms with Gasteiger partial charge in [0, 0.05) is 15.2 Å². The highest BCUT2D eigenvalue weighted by molar-refractivity contribution is 9.10. The molecule has 1 heterocycles. The first-order chi connectivity index (χ1) is 11.9. The van der Waals surface area contributed by atoms with Crippen molar-refractivity contribution in [2.45, 2.75) is 6.92 Å². The van der Waals surface area contributed by atoms with Crippen molar-refractivity contribution >= 4 is 56.2 Å². The average molecular weight is 423 g/mol. The number of aromatic nitrogens is 2. The second-order valence-corrected chi connectivity index (χ2v) is 6.65. The standard InChI is InChI=1S/C17H14BrClFN5/c1-9-2-4-11(7-12(9)19)24-16-15(21)17(23-8-22-16)25-14-5-3-10(18)6-13(14)20/h2-8H,21H2,1H3,(H2,22,23,24,25). The Kier molecular flexibility index (Phi) is 5.06. The molecule has 0 atom stereocenters. The van der Waals surface area contributed by atoms with E-state index in [4.69, 9.17) is 17.3 Å². The van der Waals surface area contributed by atoms with Crippen LogP contribution in [0, 0.1) is 12.7 Å². The lowest BCUT2D eigenvalue weighted by molar-refractivity contribution is 0.631. The van der Waals surface area contributed by atoms with Gasteiger partial charge in [-0.1, -0.05) is 33.6 Å². The van der Waals surface area contributed by atoms with Gasteiger partial charge in [0.2, 0.25) is 0 Å². The summed E-state index contributed by atoms with van der Waals surface area (Å²) in [5.74, 6) is 0.277. The maximum Gasteiger partial charge on any atom is 0.159 e. The van der Waals surface area contributed by atoms with Crippen LogP contribution in [0.3, 0.4) is 0 Å². The molecule has 0 amide bonds. The van der Waals surface area contributed by atoms with E-state index in [1.807, 2.05) is 19.1 Å². The number of nitrogens with one attached hydrogen (secondary N) is 2. The van der Waals surface area contributed by atoms with Crippen molar-refractivity contribution in [3.05, 3.63) is 63.6 Å². The van der Waals surface area contributed by atoms with Crippen molar-refractivity contribution in [1.29, 1.82) is 0 Å². The van der Waals surface area contributed by atoms with Crippen molar-refractivity contribution < 1.29 is 4.39 Å². The van der Waals surface area contributed by atoms with Crippen molar-refractivity contribution in [2.75, 3.05) is 16.4 Å². The summed E-state index contributed by atoms with van der Waals surface area (Å²) in [5, 5.41) is 6.60. The molecule has 8 heteroatoms. The number of benzene rings is 2. The van der Waals surface area contributed by atoms with E-state index in [2.05, 4.69) is 36.5 Å². The van der Waals surface area contributed by atoms with Gasteiger partial charge in [0.05, 0.1) is 5.69 Å². The Labute approximate surface area is 157 Å². The highest BCUT2D eigenvalue weighted by atomic mass is 79.9. The summed E-state index contributed by atoms with van der Waals surface area (Å²) in [7, 11) is 0. The van der Waals surface area contributed by atoms with Gasteiger partial charge in [-0.3, -0.25) is 0 Å². The summed E-state index contributed by atoms with van der Waals surface area (Å²) in [6.45, 7) is 1.92. The molecule has 0 aliphatic carbocycles. The van der Waals surface area contributed by atoms with E-state index in [9.17, 15) is 4.39 Å². The molecule has 5 nitrogen and oxygen atoms in total. The van der Waals surface area contributed by atoms with Crippen LogP contribution in [-0.2, 0) is 0 Å². The van der Waals surface area contributed by atoms with Gasteiger partial charge in [0.15, 0.2) is 11.6 Å². The molecule has 0 unspecified atom stereocenters. The van der Waals surface area contributed by atoms with Crippen LogP contribution in [0.5, 0.6) is 0 Å². The molecular weight excluding hydrogens is 409 g/mol. The third-order valence-corrected chi connectivity index (χ3v) is 4.40. The van der Waals surface area contributed by atoms with Crippen LogP contribution in [0.2, 0.25) is 5.02 Å². The number of hydrogen-bond acceptors (Lipinski definition) is 5. The van der Waals surface area contributed by atoms with Crippen LogP contribution in [0.25, 0.3) is 0 Å². The topological polar surface area (TPSA) is 75.9 Å². The van der Waals surface area contributed by atoms with Gasteiger partial charge in [-0.05, 0) is 42.8 Å². The summed E-state index contributed by atoms with van der Waals surface area (Å²) in [4.78, 5) is 8.21. The van der Waals surface area contributed by atoms with Crippen molar-refractivity contribution in [3.8, 4) is 0 Å². The van der Waals surface area contributed by atoms with Gasteiger partial charge in [-0.2, -0.15) is 0 Å². The Morgan fingerprint density at radius 2 is 1.80 bits per heavy atom. The molecule has 0 spiro atoms. The lowest BCUT2D eigenvalue weighted by Crippen LogP contribution is -2.06. The predicted molar refractivity (Wildman–Crippen MR) is 103 cm³/mol. The monoisotopic (exact) mass is 421 g/mol. The van der Waals surface area contributed by atoms with Crippen LogP contribution in [0.4, 0.5) is 33.1 Å².